The van der Waals surface area contributed by atoms with Crippen molar-refractivity contribution in [1.29, 1.82) is 0 Å². The van der Waals surface area contributed by atoms with Gasteiger partial charge in [-0.15, -0.1) is 0 Å². The molecule has 0 aliphatic carbocycles. The average molecular weight is 339 g/mol. The van der Waals surface area contributed by atoms with Crippen LogP contribution in [0.2, 0.25) is 0 Å². The van der Waals surface area contributed by atoms with E-state index in [4.69, 9.17) is 12.2 Å². The Morgan fingerprint density at radius 3 is 2.45 bits per heavy atom. The van der Waals surface area contributed by atoms with Gasteiger partial charge in [0.05, 0.1) is 0 Å². The second-order valence-corrected chi connectivity index (χ2v) is 7.19. The van der Waals surface area contributed by atoms with Gasteiger partial charge < -0.3 is 10.2 Å². The van der Waals surface area contributed by atoms with Gasteiger partial charge >= 0.3 is 0 Å². The lowest BCUT2D eigenvalue weighted by Crippen LogP contribution is -2.52. The van der Waals surface area contributed by atoms with Crippen LogP contribution in [0.15, 0.2) is 35.7 Å². The van der Waals surface area contributed by atoms with Crippen LogP contribution in [0.25, 0.3) is 6.08 Å². The third-order valence-electron chi connectivity index (χ3n) is 3.45. The number of hydrogen-bond acceptors (Lipinski definition) is 3. The van der Waals surface area contributed by atoms with Crippen molar-refractivity contribution in [3.8, 4) is 0 Å². The first-order chi connectivity index (χ1) is 10.5. The van der Waals surface area contributed by atoms with Gasteiger partial charge in [-0.3, -0.25) is 0 Å². The average Bonchev–Trinajstić information content (AvgIpc) is 2.54. The van der Waals surface area contributed by atoms with Gasteiger partial charge in [0.25, 0.3) is 0 Å². The van der Waals surface area contributed by atoms with Crippen LogP contribution in [0.4, 0.5) is 0 Å². The summed E-state index contributed by atoms with van der Waals surface area (Å²) in [5.41, 5.74) is 0.873. The SMILES string of the molecule is CCNC(=S)N1CCN(S(=O)(=O)/C=C/c2ccccc2)CC1. The van der Waals surface area contributed by atoms with E-state index in [0.29, 0.717) is 31.3 Å². The van der Waals surface area contributed by atoms with E-state index in [2.05, 4.69) is 5.32 Å². The zero-order chi connectivity index (χ0) is 16.0. The van der Waals surface area contributed by atoms with Crippen LogP contribution >= 0.6 is 12.2 Å². The third kappa shape index (κ3) is 4.53. The molecule has 1 aliphatic rings. The molecular formula is C15H21N3O2S2. The van der Waals surface area contributed by atoms with E-state index in [9.17, 15) is 8.42 Å². The quantitative estimate of drug-likeness (QED) is 0.843. The zero-order valence-corrected chi connectivity index (χ0v) is 14.2. The second kappa shape index (κ2) is 7.71. The van der Waals surface area contributed by atoms with Crippen LogP contribution in [-0.2, 0) is 10.0 Å². The van der Waals surface area contributed by atoms with Crippen molar-refractivity contribution in [2.24, 2.45) is 0 Å². The first kappa shape index (κ1) is 16.9. The van der Waals surface area contributed by atoms with E-state index in [0.717, 1.165) is 12.1 Å². The van der Waals surface area contributed by atoms with Crippen LogP contribution in [-0.4, -0.2) is 55.5 Å². The van der Waals surface area contributed by atoms with Gasteiger partial charge in [0.2, 0.25) is 10.0 Å². The molecule has 0 unspecified atom stereocenters. The topological polar surface area (TPSA) is 52.6 Å². The van der Waals surface area contributed by atoms with Crippen molar-refractivity contribution < 1.29 is 8.42 Å². The molecule has 5 nitrogen and oxygen atoms in total. The molecule has 2 rings (SSSR count). The van der Waals surface area contributed by atoms with Crippen molar-refractivity contribution >= 4 is 33.4 Å². The highest BCUT2D eigenvalue weighted by Gasteiger charge is 2.25. The Labute approximate surface area is 137 Å². The van der Waals surface area contributed by atoms with Crippen LogP contribution in [0, 0.1) is 0 Å². The molecule has 1 saturated heterocycles. The summed E-state index contributed by atoms with van der Waals surface area (Å²) >= 11 is 5.25. The fourth-order valence-electron chi connectivity index (χ4n) is 2.22. The van der Waals surface area contributed by atoms with Crippen LogP contribution in [0.5, 0.6) is 0 Å². The minimum Gasteiger partial charge on any atom is -0.363 e. The summed E-state index contributed by atoms with van der Waals surface area (Å²) in [6.45, 7) is 4.90. The summed E-state index contributed by atoms with van der Waals surface area (Å²) in [7, 11) is -3.38. The standard InChI is InChI=1S/C15H21N3O2S2/c1-2-16-15(21)17-9-11-18(12-10-17)22(19,20)13-8-14-6-4-3-5-7-14/h3-8,13H,2,9-12H2,1H3,(H,16,21)/b13-8+. The van der Waals surface area contributed by atoms with Crippen molar-refractivity contribution in [2.45, 2.75) is 6.92 Å². The fraction of sp³-hybridized carbons (Fsp3) is 0.400. The third-order valence-corrected chi connectivity index (χ3v) is 5.41. The maximum Gasteiger partial charge on any atom is 0.236 e. The maximum atomic E-state index is 12.3. The van der Waals surface area contributed by atoms with E-state index in [1.807, 2.05) is 42.2 Å². The molecule has 1 aliphatic heterocycles. The molecule has 1 heterocycles. The van der Waals surface area contributed by atoms with E-state index in [-0.39, 0.29) is 0 Å². The van der Waals surface area contributed by atoms with E-state index >= 15 is 0 Å². The number of nitrogens with one attached hydrogen (secondary N) is 1. The summed E-state index contributed by atoms with van der Waals surface area (Å²) in [5, 5.41) is 5.06. The van der Waals surface area contributed by atoms with Gasteiger partial charge in [0, 0.05) is 38.1 Å². The Balaban J connectivity index is 1.95. The van der Waals surface area contributed by atoms with Gasteiger partial charge in [-0.25, -0.2) is 8.42 Å². The highest BCUT2D eigenvalue weighted by molar-refractivity contribution is 7.92. The number of nitrogens with zero attached hydrogens (tertiary/aromatic N) is 2. The summed E-state index contributed by atoms with van der Waals surface area (Å²) in [4.78, 5) is 2.01. The molecule has 0 saturated carbocycles. The van der Waals surface area contributed by atoms with Crippen LogP contribution in [0.3, 0.4) is 0 Å². The monoisotopic (exact) mass is 339 g/mol. The second-order valence-electron chi connectivity index (χ2n) is 4.98. The maximum absolute atomic E-state index is 12.3. The van der Waals surface area contributed by atoms with Gasteiger partial charge in [0.15, 0.2) is 5.11 Å². The molecule has 0 atom stereocenters. The van der Waals surface area contributed by atoms with Crippen LogP contribution < -0.4 is 5.32 Å². The van der Waals surface area contributed by atoms with Gasteiger partial charge in [-0.05, 0) is 30.8 Å². The first-order valence-corrected chi connectivity index (χ1v) is 9.20. The molecule has 120 valence electrons. The molecule has 0 bridgehead atoms. The van der Waals surface area contributed by atoms with E-state index in [1.54, 1.807) is 6.08 Å². The molecule has 0 radical (unpaired) electrons. The molecule has 1 N–H and O–H groups in total. The Bertz CT molecular complexity index is 621. The van der Waals surface area contributed by atoms with Crippen molar-refractivity contribution in [3.05, 3.63) is 41.3 Å². The van der Waals surface area contributed by atoms with Crippen molar-refractivity contribution in [3.63, 3.8) is 0 Å². The van der Waals surface area contributed by atoms with Crippen molar-refractivity contribution in [1.82, 2.24) is 14.5 Å². The molecule has 1 aromatic carbocycles. The Morgan fingerprint density at radius 1 is 1.23 bits per heavy atom. The minimum atomic E-state index is -3.38. The predicted octanol–water partition coefficient (Wildman–Crippen LogP) is 1.50. The Morgan fingerprint density at radius 2 is 1.86 bits per heavy atom. The number of hydrogen-bond donors (Lipinski definition) is 1. The molecule has 0 spiro atoms. The lowest BCUT2D eigenvalue weighted by Gasteiger charge is -2.34. The molecule has 7 heteroatoms. The number of benzene rings is 1. The summed E-state index contributed by atoms with van der Waals surface area (Å²) in [6, 6.07) is 9.41. The van der Waals surface area contributed by atoms with E-state index in [1.165, 1.54) is 9.71 Å². The summed E-state index contributed by atoms with van der Waals surface area (Å²) in [5.74, 6) is 0. The Kier molecular flexibility index (Phi) is 5.93. The molecule has 0 amide bonds. The van der Waals surface area contributed by atoms with Gasteiger partial charge in [-0.2, -0.15) is 4.31 Å². The molecule has 1 aromatic rings. The fourth-order valence-corrected chi connectivity index (χ4v) is 3.72. The first-order valence-electron chi connectivity index (χ1n) is 7.29. The number of thiocarbonyl (C=S) groups is 1. The predicted molar refractivity (Wildman–Crippen MR) is 93.8 cm³/mol. The normalized spacial score (nSPS) is 16.9. The van der Waals surface area contributed by atoms with E-state index < -0.39 is 10.0 Å². The summed E-state index contributed by atoms with van der Waals surface area (Å²) < 4.78 is 26.2. The molecule has 22 heavy (non-hydrogen) atoms. The number of piperazine rings is 1. The zero-order valence-electron chi connectivity index (χ0n) is 12.6. The minimum absolute atomic E-state index is 0.451. The highest BCUT2D eigenvalue weighted by atomic mass is 32.2. The largest absolute Gasteiger partial charge is 0.363 e. The lowest BCUT2D eigenvalue weighted by atomic mass is 10.2. The smallest absolute Gasteiger partial charge is 0.236 e. The number of rotatable bonds is 4. The van der Waals surface area contributed by atoms with Crippen LogP contribution in [0.1, 0.15) is 12.5 Å². The molecular weight excluding hydrogens is 318 g/mol. The van der Waals surface area contributed by atoms with Gasteiger partial charge in [0.1, 0.15) is 0 Å². The Hall–Kier alpha value is -1.44. The van der Waals surface area contributed by atoms with Gasteiger partial charge in [-0.1, -0.05) is 30.3 Å². The lowest BCUT2D eigenvalue weighted by molar-refractivity contribution is 0.266. The van der Waals surface area contributed by atoms with Crippen molar-refractivity contribution in [2.75, 3.05) is 32.7 Å². The molecule has 1 fully saturated rings. The molecule has 0 aromatic heterocycles. The highest BCUT2D eigenvalue weighted by Crippen LogP contribution is 2.11. The number of sulfonamides is 1. The summed E-state index contributed by atoms with van der Waals surface area (Å²) in [6.07, 6.45) is 1.63.